The summed E-state index contributed by atoms with van der Waals surface area (Å²) >= 11 is 0. The molecule has 0 saturated heterocycles. The van der Waals surface area contributed by atoms with Crippen LogP contribution in [0, 0.1) is 0 Å². The van der Waals surface area contributed by atoms with Crippen LogP contribution in [-0.2, 0) is 28.6 Å². The van der Waals surface area contributed by atoms with Crippen molar-refractivity contribution in [3.8, 4) is 0 Å². The van der Waals surface area contributed by atoms with E-state index in [9.17, 15) is 14.4 Å². The molecule has 1 atom stereocenters. The monoisotopic (exact) mass is 1120 g/mol. The first-order chi connectivity index (χ1) is 39.5. The highest BCUT2D eigenvalue weighted by Crippen LogP contribution is 2.18. The molecule has 0 amide bonds. The molecule has 0 heterocycles. The van der Waals surface area contributed by atoms with Crippen molar-refractivity contribution < 1.29 is 28.6 Å². The van der Waals surface area contributed by atoms with Crippen molar-refractivity contribution in [3.05, 3.63) is 72.9 Å². The van der Waals surface area contributed by atoms with Gasteiger partial charge in [0.1, 0.15) is 13.2 Å². The molecular formula is C74H132O6. The van der Waals surface area contributed by atoms with Crippen molar-refractivity contribution in [3.63, 3.8) is 0 Å². The van der Waals surface area contributed by atoms with E-state index in [0.29, 0.717) is 19.3 Å². The fourth-order valence-corrected chi connectivity index (χ4v) is 10.2. The van der Waals surface area contributed by atoms with Crippen LogP contribution in [0.2, 0.25) is 0 Å². The van der Waals surface area contributed by atoms with Gasteiger partial charge in [-0.1, -0.05) is 325 Å². The highest BCUT2D eigenvalue weighted by atomic mass is 16.6. The van der Waals surface area contributed by atoms with E-state index < -0.39 is 6.10 Å². The van der Waals surface area contributed by atoms with E-state index in [1.807, 2.05) is 0 Å². The number of hydrogen-bond acceptors (Lipinski definition) is 6. The van der Waals surface area contributed by atoms with E-state index in [2.05, 4.69) is 93.7 Å². The summed E-state index contributed by atoms with van der Waals surface area (Å²) in [7, 11) is 0. The van der Waals surface area contributed by atoms with Gasteiger partial charge in [-0.15, -0.1) is 0 Å². The third-order valence-electron chi connectivity index (χ3n) is 15.4. The summed E-state index contributed by atoms with van der Waals surface area (Å²) in [6.07, 6.45) is 89.2. The molecule has 0 aromatic rings. The Balaban J connectivity index is 4.32. The van der Waals surface area contributed by atoms with Crippen LogP contribution >= 0.6 is 0 Å². The van der Waals surface area contributed by atoms with E-state index in [4.69, 9.17) is 14.2 Å². The number of unbranched alkanes of at least 4 members (excludes halogenated alkanes) is 41. The van der Waals surface area contributed by atoms with Gasteiger partial charge in [-0.3, -0.25) is 14.4 Å². The Hall–Kier alpha value is -3.15. The molecule has 0 aliphatic carbocycles. The summed E-state index contributed by atoms with van der Waals surface area (Å²) in [6.45, 7) is 6.56. The Morgan fingerprint density at radius 3 is 0.762 bits per heavy atom. The molecule has 0 aliphatic heterocycles. The van der Waals surface area contributed by atoms with Gasteiger partial charge in [0.2, 0.25) is 0 Å². The van der Waals surface area contributed by atoms with Crippen LogP contribution in [0.15, 0.2) is 72.9 Å². The molecule has 0 spiro atoms. The Morgan fingerprint density at radius 1 is 0.263 bits per heavy atom. The van der Waals surface area contributed by atoms with Crippen molar-refractivity contribution in [2.45, 2.75) is 367 Å². The maximum atomic E-state index is 13.0. The molecule has 6 heteroatoms. The minimum Gasteiger partial charge on any atom is -0.462 e. The molecule has 0 aromatic heterocycles. The minimum atomic E-state index is -0.785. The van der Waals surface area contributed by atoms with Crippen molar-refractivity contribution >= 4 is 17.9 Å². The summed E-state index contributed by atoms with van der Waals surface area (Å²) in [5.41, 5.74) is 0. The van der Waals surface area contributed by atoms with E-state index in [0.717, 1.165) is 109 Å². The Kier molecular flexibility index (Phi) is 65.7. The van der Waals surface area contributed by atoms with Crippen LogP contribution in [0.5, 0.6) is 0 Å². The smallest absolute Gasteiger partial charge is 0.306 e. The van der Waals surface area contributed by atoms with Crippen molar-refractivity contribution in [2.24, 2.45) is 0 Å². The van der Waals surface area contributed by atoms with E-state index in [1.165, 1.54) is 212 Å². The molecule has 0 aromatic carbocycles. The van der Waals surface area contributed by atoms with E-state index in [1.54, 1.807) is 0 Å². The summed E-state index contributed by atoms with van der Waals surface area (Å²) in [4.78, 5) is 38.4. The number of rotatable bonds is 64. The highest BCUT2D eigenvalue weighted by molar-refractivity contribution is 5.71. The van der Waals surface area contributed by atoms with Gasteiger partial charge in [-0.05, 0) is 89.9 Å². The van der Waals surface area contributed by atoms with Crippen LogP contribution in [0.3, 0.4) is 0 Å². The van der Waals surface area contributed by atoms with Gasteiger partial charge in [0.25, 0.3) is 0 Å². The number of allylic oxidation sites excluding steroid dienone is 12. The summed E-state index contributed by atoms with van der Waals surface area (Å²) < 4.78 is 17.0. The SMILES string of the molecule is CC/C=C\C/C=C\C/C=C\CCCCCCCC(=O)OCC(COC(=O)CCCCCCCCCCCC/C=C\C/C=C\C/C=C\CCCCCCC)OC(=O)CCCCCCCCCCCCCCCCCCCCCCCC. The number of hydrogen-bond donors (Lipinski definition) is 0. The predicted molar refractivity (Wildman–Crippen MR) is 348 cm³/mol. The molecule has 0 N–H and O–H groups in total. The number of carbonyl (C=O) groups is 3. The fourth-order valence-electron chi connectivity index (χ4n) is 10.2. The first kappa shape index (κ1) is 76.9. The molecule has 0 rings (SSSR count). The van der Waals surface area contributed by atoms with Gasteiger partial charge in [0.15, 0.2) is 6.10 Å². The lowest BCUT2D eigenvalue weighted by atomic mass is 10.0. The van der Waals surface area contributed by atoms with E-state index >= 15 is 0 Å². The molecule has 0 bridgehead atoms. The number of carbonyl (C=O) groups excluding carboxylic acids is 3. The van der Waals surface area contributed by atoms with Gasteiger partial charge < -0.3 is 14.2 Å². The third kappa shape index (κ3) is 65.7. The first-order valence-electron chi connectivity index (χ1n) is 34.9. The molecule has 6 nitrogen and oxygen atoms in total. The maximum Gasteiger partial charge on any atom is 0.306 e. The van der Waals surface area contributed by atoms with E-state index in [-0.39, 0.29) is 31.1 Å². The quantitative estimate of drug-likeness (QED) is 0.0261. The second kappa shape index (κ2) is 68.3. The minimum absolute atomic E-state index is 0.0800. The lowest BCUT2D eigenvalue weighted by molar-refractivity contribution is -0.167. The topological polar surface area (TPSA) is 78.9 Å². The standard InChI is InChI=1S/C74H132O6/c1-4-7-10-13-16-19-22-25-28-30-32-34-36-37-38-40-41-43-46-49-52-55-58-61-64-67-73(76)79-70-71(69-78-72(75)66-63-60-57-54-51-48-45-27-24-21-18-15-12-9-6-3)80-74(77)68-65-62-59-56-53-50-47-44-42-39-35-33-31-29-26-23-20-17-14-11-8-5-2/h9,12,18,21-22,25,27,30,32,36-37,45,71H,4-8,10-11,13-17,19-20,23-24,26,28-29,31,33-35,38-44,46-70H2,1-3H3/b12-9-,21-18-,25-22-,32-30-,37-36-,45-27-. The Morgan fingerprint density at radius 2 is 0.487 bits per heavy atom. The molecule has 464 valence electrons. The number of esters is 3. The lowest BCUT2D eigenvalue weighted by Crippen LogP contribution is -2.30. The second-order valence-electron chi connectivity index (χ2n) is 23.4. The van der Waals surface area contributed by atoms with Crippen molar-refractivity contribution in [1.82, 2.24) is 0 Å². The molecular weight excluding hydrogens is 985 g/mol. The second-order valence-corrected chi connectivity index (χ2v) is 23.4. The maximum absolute atomic E-state index is 13.0. The van der Waals surface area contributed by atoms with Crippen molar-refractivity contribution in [2.75, 3.05) is 13.2 Å². The molecule has 1 unspecified atom stereocenters. The average molecular weight is 1120 g/mol. The van der Waals surface area contributed by atoms with Gasteiger partial charge in [0.05, 0.1) is 0 Å². The van der Waals surface area contributed by atoms with Crippen LogP contribution in [0.25, 0.3) is 0 Å². The first-order valence-corrected chi connectivity index (χ1v) is 34.9. The summed E-state index contributed by atoms with van der Waals surface area (Å²) in [6, 6.07) is 0. The van der Waals surface area contributed by atoms with Gasteiger partial charge in [-0.25, -0.2) is 0 Å². The lowest BCUT2D eigenvalue weighted by Gasteiger charge is -2.18. The van der Waals surface area contributed by atoms with Gasteiger partial charge >= 0.3 is 17.9 Å². The zero-order valence-electron chi connectivity index (χ0n) is 53.3. The third-order valence-corrected chi connectivity index (χ3v) is 15.4. The summed E-state index contributed by atoms with van der Waals surface area (Å²) in [5.74, 6) is -0.880. The van der Waals surface area contributed by atoms with Gasteiger partial charge in [-0.2, -0.15) is 0 Å². The number of ether oxygens (including phenoxy) is 3. The molecule has 0 saturated carbocycles. The predicted octanol–water partition coefficient (Wildman–Crippen LogP) is 24.1. The average Bonchev–Trinajstić information content (AvgIpc) is 3.46. The Bertz CT molecular complexity index is 1470. The van der Waals surface area contributed by atoms with Crippen LogP contribution < -0.4 is 0 Å². The molecule has 0 fully saturated rings. The summed E-state index contributed by atoms with van der Waals surface area (Å²) in [5, 5.41) is 0. The molecule has 0 radical (unpaired) electrons. The largest absolute Gasteiger partial charge is 0.462 e. The molecule has 80 heavy (non-hydrogen) atoms. The van der Waals surface area contributed by atoms with Crippen LogP contribution in [-0.4, -0.2) is 37.2 Å². The fraction of sp³-hybridized carbons (Fsp3) is 0.797. The van der Waals surface area contributed by atoms with Crippen LogP contribution in [0.1, 0.15) is 361 Å². The van der Waals surface area contributed by atoms with Crippen molar-refractivity contribution in [1.29, 1.82) is 0 Å². The zero-order chi connectivity index (χ0) is 57.8. The van der Waals surface area contributed by atoms with Crippen LogP contribution in [0.4, 0.5) is 0 Å². The highest BCUT2D eigenvalue weighted by Gasteiger charge is 2.19. The zero-order valence-corrected chi connectivity index (χ0v) is 53.3. The Labute approximate surface area is 497 Å². The van der Waals surface area contributed by atoms with Gasteiger partial charge in [0, 0.05) is 19.3 Å². The normalized spacial score (nSPS) is 12.5. The molecule has 0 aliphatic rings.